The Kier molecular flexibility index (Phi) is 17.2. The number of anilines is 2. The smallest absolute Gasteiger partial charge is 0.175 e. The normalized spacial score (nSPS) is 23.7. The summed E-state index contributed by atoms with van der Waals surface area (Å²) in [6.07, 6.45) is 31.3. The monoisotopic (exact) mass is 885 g/mol. The van der Waals surface area contributed by atoms with Crippen LogP contribution in [-0.2, 0) is 9.59 Å². The van der Waals surface area contributed by atoms with E-state index in [1.54, 1.807) is 0 Å². The molecule has 2 saturated heterocycles. The predicted molar refractivity (Wildman–Crippen MR) is 281 cm³/mol. The summed E-state index contributed by atoms with van der Waals surface area (Å²) >= 11 is 0. The first-order valence-corrected chi connectivity index (χ1v) is 24.2. The lowest BCUT2D eigenvalue weighted by Crippen LogP contribution is -2.55. The number of hydrogen-bond donors (Lipinski definition) is 0. The van der Waals surface area contributed by atoms with Crippen molar-refractivity contribution in [2.75, 3.05) is 62.2 Å². The number of allylic oxidation sites excluding steroid dienone is 20. The molecule has 2 fully saturated rings. The van der Waals surface area contributed by atoms with Crippen LogP contribution in [0.1, 0.15) is 82.1 Å². The second-order valence-corrected chi connectivity index (χ2v) is 20.1. The summed E-state index contributed by atoms with van der Waals surface area (Å²) < 4.78 is 0. The molecule has 4 aliphatic rings. The number of carbonyl (C=O) groups is 2. The molecular formula is C60H76N4O2. The third-order valence-electron chi connectivity index (χ3n) is 14.1. The average Bonchev–Trinajstić information content (AvgIpc) is 3.30. The molecule has 6 nitrogen and oxygen atoms in total. The molecular weight excluding hydrogens is 809 g/mol. The van der Waals surface area contributed by atoms with E-state index in [4.69, 9.17) is 0 Å². The molecule has 0 aromatic heterocycles. The second kappa shape index (κ2) is 22.8. The standard InChI is InChI=1S/C60H76N4O2/c1-45(23-19-25-47(3)31-33-53-49(5)57(65)55(43-59(53,7)8)63-39-35-61(36-40-63)51-27-13-11-14-28-51)21-17-18-22-46(2)24-20-26-48(4)32-34-54-50(6)58(66)56(44-60(54,9)10)64-41-37-62(38-42-64)52-29-15-12-16-30-52/h11-34,55-56H,35-44H2,1-10H3. The lowest BCUT2D eigenvalue weighted by atomic mass is 9.69. The Morgan fingerprint density at radius 1 is 0.470 bits per heavy atom. The maximum Gasteiger partial charge on any atom is 0.175 e. The molecule has 2 unspecified atom stereocenters. The first-order chi connectivity index (χ1) is 31.5. The zero-order valence-corrected chi connectivity index (χ0v) is 41.7. The second-order valence-electron chi connectivity index (χ2n) is 20.1. The molecule has 0 spiro atoms. The van der Waals surface area contributed by atoms with Crippen LogP contribution in [0.25, 0.3) is 0 Å². The van der Waals surface area contributed by atoms with Crippen LogP contribution in [0.3, 0.4) is 0 Å². The van der Waals surface area contributed by atoms with E-state index in [2.05, 4.69) is 221 Å². The minimum absolute atomic E-state index is 0.0561. The van der Waals surface area contributed by atoms with Crippen LogP contribution in [0, 0.1) is 10.8 Å². The number of piperazine rings is 2. The van der Waals surface area contributed by atoms with Crippen molar-refractivity contribution in [2.45, 2.75) is 94.2 Å². The SMILES string of the molecule is CC(C=CC=C(C)C=CC1=C(C)C(=O)C(N2CCN(c3ccccc3)CC2)CC1(C)C)=CC=CC=C(C)C=CC=C(C)C=CC1=C(C)C(=O)C(N2CCN(c3ccccc3)CC2)CC1(C)C. The fourth-order valence-corrected chi connectivity index (χ4v) is 10.1. The van der Waals surface area contributed by atoms with Gasteiger partial charge < -0.3 is 9.80 Å². The van der Waals surface area contributed by atoms with Gasteiger partial charge in [0.05, 0.1) is 12.1 Å². The van der Waals surface area contributed by atoms with Crippen molar-refractivity contribution in [3.63, 3.8) is 0 Å². The van der Waals surface area contributed by atoms with Crippen molar-refractivity contribution in [3.8, 4) is 0 Å². The van der Waals surface area contributed by atoms with E-state index in [0.29, 0.717) is 0 Å². The Hall–Kier alpha value is -5.56. The highest BCUT2D eigenvalue weighted by Gasteiger charge is 2.42. The van der Waals surface area contributed by atoms with E-state index in [-0.39, 0.29) is 34.5 Å². The van der Waals surface area contributed by atoms with Gasteiger partial charge in [0.15, 0.2) is 11.6 Å². The van der Waals surface area contributed by atoms with Crippen molar-refractivity contribution in [1.82, 2.24) is 9.80 Å². The molecule has 6 heteroatoms. The van der Waals surface area contributed by atoms with Gasteiger partial charge in [0.2, 0.25) is 0 Å². The number of hydrogen-bond acceptors (Lipinski definition) is 6. The molecule has 0 radical (unpaired) electrons. The van der Waals surface area contributed by atoms with E-state index >= 15 is 0 Å². The van der Waals surface area contributed by atoms with Crippen molar-refractivity contribution >= 4 is 22.9 Å². The number of rotatable bonds is 14. The van der Waals surface area contributed by atoms with Gasteiger partial charge in [0.1, 0.15) is 0 Å². The summed E-state index contributed by atoms with van der Waals surface area (Å²) in [6.45, 7) is 29.0. The van der Waals surface area contributed by atoms with Crippen LogP contribution in [0.2, 0.25) is 0 Å². The number of ketones is 2. The fraction of sp³-hybridized carbons (Fsp3) is 0.400. The maximum atomic E-state index is 13.7. The van der Waals surface area contributed by atoms with Crippen LogP contribution in [0.15, 0.2) is 190 Å². The van der Waals surface area contributed by atoms with E-state index in [0.717, 1.165) is 110 Å². The Morgan fingerprint density at radius 2 is 0.788 bits per heavy atom. The third kappa shape index (κ3) is 13.1. The average molecular weight is 885 g/mol. The largest absolute Gasteiger partial charge is 0.369 e. The summed E-state index contributed by atoms with van der Waals surface area (Å²) in [7, 11) is 0. The van der Waals surface area contributed by atoms with Gasteiger partial charge >= 0.3 is 0 Å². The molecule has 2 aromatic carbocycles. The first-order valence-electron chi connectivity index (χ1n) is 24.2. The molecule has 0 bridgehead atoms. The van der Waals surface area contributed by atoms with Gasteiger partial charge in [-0.1, -0.05) is 171 Å². The van der Waals surface area contributed by atoms with Crippen molar-refractivity contribution in [3.05, 3.63) is 190 Å². The zero-order valence-electron chi connectivity index (χ0n) is 41.7. The summed E-state index contributed by atoms with van der Waals surface area (Å²) in [6, 6.07) is 21.1. The summed E-state index contributed by atoms with van der Waals surface area (Å²) in [4.78, 5) is 37.2. The number of carbonyl (C=O) groups excluding carboxylic acids is 2. The van der Waals surface area contributed by atoms with Crippen LogP contribution < -0.4 is 9.80 Å². The molecule has 2 atom stereocenters. The Balaban J connectivity index is 0.958. The summed E-state index contributed by atoms with van der Waals surface area (Å²) in [5.74, 6) is 0.555. The molecule has 2 aliphatic heterocycles. The van der Waals surface area contributed by atoms with E-state index < -0.39 is 0 Å². The molecule has 2 aliphatic carbocycles. The molecule has 66 heavy (non-hydrogen) atoms. The zero-order chi connectivity index (χ0) is 47.4. The Bertz CT molecular complexity index is 2210. The van der Waals surface area contributed by atoms with Gasteiger partial charge in [-0.2, -0.15) is 0 Å². The Labute approximate surface area is 398 Å². The molecule has 0 amide bonds. The van der Waals surface area contributed by atoms with Crippen LogP contribution in [0.4, 0.5) is 11.4 Å². The lowest BCUT2D eigenvalue weighted by Gasteiger charge is -2.45. The highest BCUT2D eigenvalue weighted by atomic mass is 16.1. The predicted octanol–water partition coefficient (Wildman–Crippen LogP) is 12.6. The Morgan fingerprint density at radius 3 is 1.14 bits per heavy atom. The molecule has 0 N–H and O–H groups in total. The fourth-order valence-electron chi connectivity index (χ4n) is 10.1. The molecule has 6 rings (SSSR count). The highest BCUT2D eigenvalue weighted by Crippen LogP contribution is 2.43. The van der Waals surface area contributed by atoms with Crippen molar-refractivity contribution in [1.29, 1.82) is 0 Å². The van der Waals surface area contributed by atoms with Crippen molar-refractivity contribution < 1.29 is 9.59 Å². The third-order valence-corrected chi connectivity index (χ3v) is 14.1. The highest BCUT2D eigenvalue weighted by molar-refractivity contribution is 6.02. The number of Topliss-reactive ketones (excluding diaryl/α,β-unsaturated/α-hetero) is 2. The number of nitrogens with zero attached hydrogens (tertiary/aromatic N) is 4. The van der Waals surface area contributed by atoms with Gasteiger partial charge in [-0.05, 0) is 112 Å². The van der Waals surface area contributed by atoms with Crippen LogP contribution >= 0.6 is 0 Å². The number of para-hydroxylation sites is 2. The summed E-state index contributed by atoms with van der Waals surface area (Å²) in [5, 5.41) is 0. The minimum atomic E-state index is -0.0911. The van der Waals surface area contributed by atoms with Gasteiger partial charge in [-0.25, -0.2) is 0 Å². The van der Waals surface area contributed by atoms with E-state index in [1.165, 1.54) is 11.4 Å². The lowest BCUT2D eigenvalue weighted by molar-refractivity contribution is -0.123. The molecule has 2 heterocycles. The minimum Gasteiger partial charge on any atom is -0.369 e. The van der Waals surface area contributed by atoms with Crippen LogP contribution in [0.5, 0.6) is 0 Å². The van der Waals surface area contributed by atoms with E-state index in [9.17, 15) is 9.59 Å². The van der Waals surface area contributed by atoms with Gasteiger partial charge in [0.25, 0.3) is 0 Å². The van der Waals surface area contributed by atoms with Gasteiger partial charge in [-0.3, -0.25) is 19.4 Å². The maximum absolute atomic E-state index is 13.7. The van der Waals surface area contributed by atoms with E-state index in [1.807, 2.05) is 13.8 Å². The van der Waals surface area contributed by atoms with Gasteiger partial charge in [0, 0.05) is 63.7 Å². The van der Waals surface area contributed by atoms with Crippen molar-refractivity contribution in [2.24, 2.45) is 10.8 Å². The summed E-state index contributed by atoms with van der Waals surface area (Å²) in [5.41, 5.74) is 11.0. The quantitative estimate of drug-likeness (QED) is 0.176. The first kappa shape index (κ1) is 49.9. The number of benzene rings is 2. The topological polar surface area (TPSA) is 47.1 Å². The molecule has 2 aromatic rings. The van der Waals surface area contributed by atoms with Gasteiger partial charge in [-0.15, -0.1) is 0 Å². The van der Waals surface area contributed by atoms with Crippen LogP contribution in [-0.4, -0.2) is 85.8 Å². The molecule has 348 valence electrons. The molecule has 0 saturated carbocycles.